The van der Waals surface area contributed by atoms with Crippen molar-refractivity contribution in [1.29, 1.82) is 0 Å². The molecule has 5 nitrogen and oxygen atoms in total. The molecule has 11 aromatic rings. The molecule has 0 spiro atoms. The van der Waals surface area contributed by atoms with Crippen LogP contribution in [0.1, 0.15) is 0 Å². The Labute approximate surface area is 311 Å². The number of benzene rings is 8. The maximum Gasteiger partial charge on any atom is 0.238 e. The first kappa shape index (κ1) is 30.3. The van der Waals surface area contributed by atoms with Crippen LogP contribution in [0.4, 0.5) is 0 Å². The second kappa shape index (κ2) is 12.1. The summed E-state index contributed by atoms with van der Waals surface area (Å²) >= 11 is 0. The van der Waals surface area contributed by atoms with Crippen LogP contribution in [-0.4, -0.2) is 24.1 Å². The highest BCUT2D eigenvalue weighted by Gasteiger charge is 2.24. The van der Waals surface area contributed by atoms with Crippen LogP contribution in [0.3, 0.4) is 0 Å². The minimum Gasteiger partial charge on any atom is -0.309 e. The number of para-hydroxylation sites is 1. The molecular formula is C49H31N5. The first-order chi connectivity index (χ1) is 26.8. The smallest absolute Gasteiger partial charge is 0.238 e. The van der Waals surface area contributed by atoms with Gasteiger partial charge >= 0.3 is 0 Å². The lowest BCUT2D eigenvalue weighted by Gasteiger charge is -2.12. The predicted molar refractivity (Wildman–Crippen MR) is 222 cm³/mol. The molecule has 0 saturated carbocycles. The van der Waals surface area contributed by atoms with E-state index in [1.165, 1.54) is 27.3 Å². The Bertz CT molecular complexity index is 3120. The van der Waals surface area contributed by atoms with Crippen LogP contribution in [0.25, 0.3) is 99.9 Å². The van der Waals surface area contributed by atoms with Crippen molar-refractivity contribution in [3.8, 4) is 45.5 Å². The summed E-state index contributed by atoms with van der Waals surface area (Å²) in [6, 6.07) is 66.2. The van der Waals surface area contributed by atoms with Gasteiger partial charge in [-0.1, -0.05) is 158 Å². The van der Waals surface area contributed by atoms with Crippen molar-refractivity contribution in [3.05, 3.63) is 188 Å². The molecule has 8 aromatic carbocycles. The fraction of sp³-hybridized carbons (Fsp3) is 0. The SMILES string of the molecule is c1ccc(-c2ccc(-n3c4ccccc4c4c5c6ccc7ccccc7c6n(-c6nc(-c7ccccc7)nc(-c7ccccc7)n6)c5ccc43)cc2)cc1. The van der Waals surface area contributed by atoms with E-state index in [0.29, 0.717) is 17.6 Å². The third-order valence-electron chi connectivity index (χ3n) is 10.6. The van der Waals surface area contributed by atoms with E-state index >= 15 is 0 Å². The fourth-order valence-corrected chi connectivity index (χ4v) is 8.14. The molecule has 3 heterocycles. The van der Waals surface area contributed by atoms with Crippen molar-refractivity contribution >= 4 is 54.4 Å². The second-order valence-electron chi connectivity index (χ2n) is 13.7. The summed E-state index contributed by atoms with van der Waals surface area (Å²) in [4.78, 5) is 15.5. The van der Waals surface area contributed by atoms with Gasteiger partial charge in [-0.15, -0.1) is 0 Å². The van der Waals surface area contributed by atoms with Gasteiger partial charge in [0.2, 0.25) is 5.95 Å². The van der Waals surface area contributed by atoms with Crippen molar-refractivity contribution in [2.24, 2.45) is 0 Å². The summed E-state index contributed by atoms with van der Waals surface area (Å²) in [5.41, 5.74) is 9.81. The molecule has 0 aliphatic rings. The standard InChI is InChI=1S/C49H31N5/c1-4-14-32(15-5-1)33-24-27-37(28-25-33)53-41-23-13-12-22-39(41)44-42(53)30-31-43-45(44)40-29-26-34-16-10-11-21-38(34)46(40)54(43)49-51-47(35-17-6-2-7-18-35)50-48(52-49)36-19-8-3-9-20-36/h1-31H. The molecule has 3 aromatic heterocycles. The van der Waals surface area contributed by atoms with Crippen LogP contribution >= 0.6 is 0 Å². The minimum absolute atomic E-state index is 0.582. The molecule has 0 aliphatic carbocycles. The van der Waals surface area contributed by atoms with Crippen LogP contribution in [0.5, 0.6) is 0 Å². The highest BCUT2D eigenvalue weighted by molar-refractivity contribution is 6.31. The molecule has 11 rings (SSSR count). The van der Waals surface area contributed by atoms with E-state index in [2.05, 4.69) is 161 Å². The third-order valence-corrected chi connectivity index (χ3v) is 10.6. The molecule has 0 atom stereocenters. The Balaban J connectivity index is 1.25. The topological polar surface area (TPSA) is 48.5 Å². The Morgan fingerprint density at radius 1 is 0.315 bits per heavy atom. The van der Waals surface area contributed by atoms with Gasteiger partial charge in [-0.05, 0) is 46.8 Å². The van der Waals surface area contributed by atoms with E-state index < -0.39 is 0 Å². The maximum atomic E-state index is 5.24. The Morgan fingerprint density at radius 3 is 1.50 bits per heavy atom. The van der Waals surface area contributed by atoms with Crippen LogP contribution in [0.15, 0.2) is 188 Å². The second-order valence-corrected chi connectivity index (χ2v) is 13.7. The highest BCUT2D eigenvalue weighted by Crippen LogP contribution is 2.44. The monoisotopic (exact) mass is 689 g/mol. The first-order valence-electron chi connectivity index (χ1n) is 18.2. The Kier molecular flexibility index (Phi) is 6.79. The lowest BCUT2D eigenvalue weighted by Crippen LogP contribution is -2.06. The zero-order valence-electron chi connectivity index (χ0n) is 29.1. The van der Waals surface area contributed by atoms with Gasteiger partial charge < -0.3 is 4.57 Å². The van der Waals surface area contributed by atoms with Crippen molar-refractivity contribution in [3.63, 3.8) is 0 Å². The van der Waals surface area contributed by atoms with Gasteiger partial charge in [-0.2, -0.15) is 9.97 Å². The minimum atomic E-state index is 0.582. The van der Waals surface area contributed by atoms with Gasteiger partial charge in [0.25, 0.3) is 0 Å². The lowest BCUT2D eigenvalue weighted by molar-refractivity contribution is 0.955. The van der Waals surface area contributed by atoms with Crippen molar-refractivity contribution < 1.29 is 0 Å². The molecule has 0 saturated heterocycles. The van der Waals surface area contributed by atoms with Crippen LogP contribution < -0.4 is 0 Å². The molecule has 0 unspecified atom stereocenters. The highest BCUT2D eigenvalue weighted by atomic mass is 15.2. The molecule has 0 aliphatic heterocycles. The number of nitrogens with zero attached hydrogens (tertiary/aromatic N) is 5. The van der Waals surface area contributed by atoms with E-state index in [4.69, 9.17) is 15.0 Å². The van der Waals surface area contributed by atoms with Gasteiger partial charge in [-0.25, -0.2) is 4.98 Å². The van der Waals surface area contributed by atoms with Crippen molar-refractivity contribution in [2.75, 3.05) is 0 Å². The molecule has 54 heavy (non-hydrogen) atoms. The van der Waals surface area contributed by atoms with Crippen LogP contribution in [0.2, 0.25) is 0 Å². The number of hydrogen-bond acceptors (Lipinski definition) is 3. The zero-order valence-corrected chi connectivity index (χ0v) is 29.1. The number of rotatable bonds is 5. The van der Waals surface area contributed by atoms with E-state index in [1.807, 2.05) is 36.4 Å². The molecule has 5 heteroatoms. The fourth-order valence-electron chi connectivity index (χ4n) is 8.14. The van der Waals surface area contributed by atoms with E-state index in [-0.39, 0.29) is 0 Å². The summed E-state index contributed by atoms with van der Waals surface area (Å²) in [7, 11) is 0. The Morgan fingerprint density at radius 2 is 0.833 bits per heavy atom. The van der Waals surface area contributed by atoms with Gasteiger partial charge in [0, 0.05) is 43.7 Å². The van der Waals surface area contributed by atoms with Crippen LogP contribution in [-0.2, 0) is 0 Å². The first-order valence-corrected chi connectivity index (χ1v) is 18.2. The van der Waals surface area contributed by atoms with Crippen molar-refractivity contribution in [1.82, 2.24) is 24.1 Å². The van der Waals surface area contributed by atoms with Crippen LogP contribution in [0, 0.1) is 0 Å². The number of fused-ring (bicyclic) bond motifs is 9. The molecule has 0 N–H and O–H groups in total. The molecule has 0 amide bonds. The summed E-state index contributed by atoms with van der Waals surface area (Å²) in [6.45, 7) is 0. The molecule has 0 bridgehead atoms. The van der Waals surface area contributed by atoms with Gasteiger partial charge in [0.05, 0.1) is 22.1 Å². The largest absolute Gasteiger partial charge is 0.309 e. The average molecular weight is 690 g/mol. The van der Waals surface area contributed by atoms with E-state index in [1.54, 1.807) is 0 Å². The molecular weight excluding hydrogens is 659 g/mol. The summed E-state index contributed by atoms with van der Waals surface area (Å²) < 4.78 is 4.65. The molecule has 0 radical (unpaired) electrons. The lowest BCUT2D eigenvalue weighted by atomic mass is 10.0. The maximum absolute atomic E-state index is 5.24. The Hall–Kier alpha value is -7.37. The summed E-state index contributed by atoms with van der Waals surface area (Å²) in [5.74, 6) is 1.84. The van der Waals surface area contributed by atoms with E-state index in [9.17, 15) is 0 Å². The van der Waals surface area contributed by atoms with Gasteiger partial charge in [0.15, 0.2) is 11.6 Å². The molecule has 0 fully saturated rings. The number of aromatic nitrogens is 5. The zero-order chi connectivity index (χ0) is 35.6. The summed E-state index contributed by atoms with van der Waals surface area (Å²) in [5, 5.41) is 7.03. The quantitative estimate of drug-likeness (QED) is 0.181. The van der Waals surface area contributed by atoms with E-state index in [0.717, 1.165) is 55.0 Å². The van der Waals surface area contributed by atoms with Crippen molar-refractivity contribution in [2.45, 2.75) is 0 Å². The van der Waals surface area contributed by atoms with Gasteiger partial charge in [0.1, 0.15) is 0 Å². The third kappa shape index (κ3) is 4.69. The normalized spacial score (nSPS) is 11.7. The predicted octanol–water partition coefficient (Wildman–Crippen LogP) is 12.2. The molecule has 252 valence electrons. The van der Waals surface area contributed by atoms with Gasteiger partial charge in [-0.3, -0.25) is 4.57 Å². The average Bonchev–Trinajstić information content (AvgIpc) is 3.78. The number of hydrogen-bond donors (Lipinski definition) is 0. The summed E-state index contributed by atoms with van der Waals surface area (Å²) in [6.07, 6.45) is 0.